The fourth-order valence-electron chi connectivity index (χ4n) is 0.786. The van der Waals surface area contributed by atoms with Crippen LogP contribution in [0.3, 0.4) is 0 Å². The molecule has 1 amide bonds. The molecule has 0 atom stereocenters. The van der Waals surface area contributed by atoms with Gasteiger partial charge in [-0.25, -0.2) is 4.98 Å². The number of rotatable bonds is 2. The van der Waals surface area contributed by atoms with Gasteiger partial charge in [-0.1, -0.05) is 25.4 Å². The Labute approximate surface area is 101 Å². The lowest BCUT2D eigenvalue weighted by Gasteiger charge is -2.09. The average Bonchev–Trinajstić information content (AvgIpc) is 2.11. The van der Waals surface area contributed by atoms with E-state index in [1.807, 2.05) is 13.8 Å². The molecule has 1 aromatic rings. The molecular weight excluding hydrogens is 314 g/mol. The molecule has 76 valence electrons. The molecule has 1 N–H and O–H groups in total. The summed E-state index contributed by atoms with van der Waals surface area (Å²) in [6.45, 7) is 3.68. The molecule has 0 aliphatic rings. The third kappa shape index (κ3) is 3.09. The number of carbonyl (C=O) groups is 1. The first-order valence-electron chi connectivity index (χ1n) is 4.12. The molecule has 0 saturated carbocycles. The van der Waals surface area contributed by atoms with E-state index in [1.54, 1.807) is 12.3 Å². The predicted octanol–water partition coefficient (Wildman–Crippen LogP) is 2.93. The van der Waals surface area contributed by atoms with Gasteiger partial charge in [0.25, 0.3) is 0 Å². The molecule has 0 aromatic carbocycles. The predicted molar refractivity (Wildman–Crippen MR) is 65.4 cm³/mol. The van der Waals surface area contributed by atoms with E-state index < -0.39 is 0 Å². The lowest BCUT2D eigenvalue weighted by molar-refractivity contribution is -0.118. The molecule has 0 radical (unpaired) electrons. The average molecular weight is 325 g/mol. The molecule has 0 aliphatic heterocycles. The maximum absolute atomic E-state index is 11.4. The smallest absolute Gasteiger partial charge is 0.226 e. The second kappa shape index (κ2) is 4.93. The highest BCUT2D eigenvalue weighted by Crippen LogP contribution is 2.20. The number of carbonyl (C=O) groups excluding carboxylic acids is 1. The normalized spacial score (nSPS) is 10.4. The monoisotopic (exact) mass is 324 g/mol. The van der Waals surface area contributed by atoms with Crippen LogP contribution in [0.5, 0.6) is 0 Å². The Kier molecular flexibility index (Phi) is 4.12. The minimum Gasteiger partial charge on any atom is -0.325 e. The summed E-state index contributed by atoms with van der Waals surface area (Å²) in [7, 11) is 0. The molecule has 0 bridgehead atoms. The quantitative estimate of drug-likeness (QED) is 0.671. The zero-order valence-corrected chi connectivity index (χ0v) is 10.8. The number of hydrogen-bond acceptors (Lipinski definition) is 2. The van der Waals surface area contributed by atoms with Crippen LogP contribution in [-0.4, -0.2) is 10.9 Å². The van der Waals surface area contributed by atoms with Gasteiger partial charge in [0.15, 0.2) is 0 Å². The Balaban J connectivity index is 2.86. The van der Waals surface area contributed by atoms with E-state index in [4.69, 9.17) is 11.6 Å². The Morgan fingerprint density at radius 2 is 2.29 bits per heavy atom. The Morgan fingerprint density at radius 1 is 1.64 bits per heavy atom. The summed E-state index contributed by atoms with van der Waals surface area (Å²) in [6.07, 6.45) is 1.62. The van der Waals surface area contributed by atoms with E-state index in [1.165, 1.54) is 0 Å². The molecule has 14 heavy (non-hydrogen) atoms. The van der Waals surface area contributed by atoms with Gasteiger partial charge in [0, 0.05) is 18.2 Å². The van der Waals surface area contributed by atoms with Gasteiger partial charge >= 0.3 is 0 Å². The Hall–Kier alpha value is -0.360. The molecule has 0 aliphatic carbocycles. The molecule has 0 saturated heterocycles. The van der Waals surface area contributed by atoms with Crippen LogP contribution in [0, 0.1) is 9.49 Å². The molecule has 3 nitrogen and oxygen atoms in total. The fourth-order valence-corrected chi connectivity index (χ4v) is 1.37. The van der Waals surface area contributed by atoms with E-state index in [2.05, 4.69) is 32.9 Å². The molecule has 1 aromatic heterocycles. The summed E-state index contributed by atoms with van der Waals surface area (Å²) >= 11 is 7.81. The second-order valence-corrected chi connectivity index (χ2v) is 4.68. The Bertz CT molecular complexity index is 355. The molecule has 0 spiro atoms. The standard InChI is InChI=1S/C9H10ClIN2O/c1-5(2)9(14)13-7-3-8(10)12-4-6(7)11/h3-5H,1-2H3,(H,12,13,14). The van der Waals surface area contributed by atoms with Crippen LogP contribution in [-0.2, 0) is 4.79 Å². The first-order chi connectivity index (χ1) is 6.50. The van der Waals surface area contributed by atoms with Crippen LogP contribution in [0.2, 0.25) is 5.15 Å². The molecule has 5 heteroatoms. The van der Waals surface area contributed by atoms with Gasteiger partial charge in [0.1, 0.15) is 5.15 Å². The van der Waals surface area contributed by atoms with Gasteiger partial charge < -0.3 is 5.32 Å². The van der Waals surface area contributed by atoms with Crippen LogP contribution < -0.4 is 5.32 Å². The lowest BCUT2D eigenvalue weighted by atomic mass is 10.2. The van der Waals surface area contributed by atoms with E-state index in [9.17, 15) is 4.79 Å². The van der Waals surface area contributed by atoms with Crippen molar-refractivity contribution in [1.82, 2.24) is 4.98 Å². The van der Waals surface area contributed by atoms with Crippen molar-refractivity contribution in [2.45, 2.75) is 13.8 Å². The van der Waals surface area contributed by atoms with E-state index >= 15 is 0 Å². The lowest BCUT2D eigenvalue weighted by Crippen LogP contribution is -2.18. The van der Waals surface area contributed by atoms with Gasteiger partial charge in [0.2, 0.25) is 5.91 Å². The summed E-state index contributed by atoms with van der Waals surface area (Å²) in [5.41, 5.74) is 0.712. The Morgan fingerprint density at radius 3 is 2.86 bits per heavy atom. The van der Waals surface area contributed by atoms with Crippen molar-refractivity contribution in [3.05, 3.63) is 21.0 Å². The van der Waals surface area contributed by atoms with Crippen LogP contribution in [0.1, 0.15) is 13.8 Å². The highest BCUT2D eigenvalue weighted by molar-refractivity contribution is 14.1. The molecule has 1 rings (SSSR count). The van der Waals surface area contributed by atoms with Gasteiger partial charge in [-0.15, -0.1) is 0 Å². The highest BCUT2D eigenvalue weighted by Gasteiger charge is 2.09. The van der Waals surface area contributed by atoms with Crippen molar-refractivity contribution in [2.24, 2.45) is 5.92 Å². The molecule has 0 fully saturated rings. The van der Waals surface area contributed by atoms with Gasteiger partial charge in [0.05, 0.1) is 9.26 Å². The fraction of sp³-hybridized carbons (Fsp3) is 0.333. The number of amides is 1. The maximum Gasteiger partial charge on any atom is 0.226 e. The van der Waals surface area contributed by atoms with Crippen molar-refractivity contribution in [1.29, 1.82) is 0 Å². The molecule has 1 heterocycles. The number of nitrogens with zero attached hydrogens (tertiary/aromatic N) is 1. The number of anilines is 1. The topological polar surface area (TPSA) is 42.0 Å². The number of aromatic nitrogens is 1. The molecular formula is C9H10ClIN2O. The summed E-state index contributed by atoms with van der Waals surface area (Å²) in [5.74, 6) is -0.0667. The van der Waals surface area contributed by atoms with Gasteiger partial charge in [-0.2, -0.15) is 0 Å². The van der Waals surface area contributed by atoms with Crippen LogP contribution in [0.15, 0.2) is 12.3 Å². The minimum atomic E-state index is -0.0438. The zero-order valence-electron chi connectivity index (χ0n) is 7.84. The van der Waals surface area contributed by atoms with Crippen molar-refractivity contribution in [3.63, 3.8) is 0 Å². The highest BCUT2D eigenvalue weighted by atomic mass is 127. The second-order valence-electron chi connectivity index (χ2n) is 3.13. The number of halogens is 2. The van der Waals surface area contributed by atoms with Crippen molar-refractivity contribution >= 4 is 45.8 Å². The van der Waals surface area contributed by atoms with Crippen LogP contribution >= 0.6 is 34.2 Å². The minimum absolute atomic E-state index is 0.0230. The van der Waals surface area contributed by atoms with Crippen molar-refractivity contribution in [2.75, 3.05) is 5.32 Å². The van der Waals surface area contributed by atoms with Gasteiger partial charge in [-0.3, -0.25) is 4.79 Å². The summed E-state index contributed by atoms with van der Waals surface area (Å²) < 4.78 is 0.876. The summed E-state index contributed by atoms with van der Waals surface area (Å²) in [4.78, 5) is 15.3. The largest absolute Gasteiger partial charge is 0.325 e. The van der Waals surface area contributed by atoms with Crippen LogP contribution in [0.25, 0.3) is 0 Å². The first kappa shape index (κ1) is 11.7. The zero-order chi connectivity index (χ0) is 10.7. The third-order valence-electron chi connectivity index (χ3n) is 1.60. The first-order valence-corrected chi connectivity index (χ1v) is 5.58. The van der Waals surface area contributed by atoms with E-state index in [0.29, 0.717) is 10.8 Å². The number of pyridine rings is 1. The van der Waals surface area contributed by atoms with Crippen LogP contribution in [0.4, 0.5) is 5.69 Å². The number of nitrogens with one attached hydrogen (secondary N) is 1. The maximum atomic E-state index is 11.4. The summed E-state index contributed by atoms with van der Waals surface area (Å²) in [5, 5.41) is 3.16. The van der Waals surface area contributed by atoms with Crippen molar-refractivity contribution in [3.8, 4) is 0 Å². The summed E-state index contributed by atoms with van der Waals surface area (Å²) in [6, 6.07) is 1.64. The van der Waals surface area contributed by atoms with Gasteiger partial charge in [-0.05, 0) is 22.6 Å². The van der Waals surface area contributed by atoms with Crippen molar-refractivity contribution < 1.29 is 4.79 Å². The van der Waals surface area contributed by atoms with E-state index in [-0.39, 0.29) is 11.8 Å². The number of hydrogen-bond donors (Lipinski definition) is 1. The van der Waals surface area contributed by atoms with E-state index in [0.717, 1.165) is 3.57 Å². The molecule has 0 unspecified atom stereocenters. The third-order valence-corrected chi connectivity index (χ3v) is 2.67. The SMILES string of the molecule is CC(C)C(=O)Nc1cc(Cl)ncc1I.